The van der Waals surface area contributed by atoms with E-state index in [1.165, 1.54) is 37.7 Å². The Hall–Kier alpha value is -1.06. The van der Waals surface area contributed by atoms with Crippen LogP contribution in [0.4, 0.5) is 0 Å². The number of rotatable bonds is 6. The van der Waals surface area contributed by atoms with Crippen LogP contribution < -0.4 is 10.5 Å². The van der Waals surface area contributed by atoms with Crippen LogP contribution >= 0.6 is 0 Å². The number of aryl methyl sites for hydroxylation is 1. The van der Waals surface area contributed by atoms with E-state index in [0.29, 0.717) is 12.7 Å². The summed E-state index contributed by atoms with van der Waals surface area (Å²) in [6, 6.07) is 6.01. The van der Waals surface area contributed by atoms with E-state index in [2.05, 4.69) is 19.9 Å². The summed E-state index contributed by atoms with van der Waals surface area (Å²) in [5.41, 5.74) is 8.56. The molecule has 0 aromatic heterocycles. The van der Waals surface area contributed by atoms with E-state index in [4.69, 9.17) is 15.2 Å². The van der Waals surface area contributed by atoms with Gasteiger partial charge in [0.15, 0.2) is 0 Å². The molecule has 3 nitrogen and oxygen atoms in total. The summed E-state index contributed by atoms with van der Waals surface area (Å²) in [4.78, 5) is 0. The molecule has 0 aliphatic heterocycles. The smallest absolute Gasteiger partial charge is 0.123 e. The molecule has 2 rings (SSSR count). The van der Waals surface area contributed by atoms with Crippen LogP contribution in [0.3, 0.4) is 0 Å². The van der Waals surface area contributed by atoms with Gasteiger partial charge in [0, 0.05) is 5.56 Å². The van der Waals surface area contributed by atoms with Gasteiger partial charge in [-0.1, -0.05) is 43.9 Å². The largest absolute Gasteiger partial charge is 0.496 e. The van der Waals surface area contributed by atoms with Crippen molar-refractivity contribution in [1.29, 1.82) is 0 Å². The van der Waals surface area contributed by atoms with Gasteiger partial charge in [-0.2, -0.15) is 0 Å². The molecule has 1 aromatic rings. The van der Waals surface area contributed by atoms with Crippen LogP contribution in [0.25, 0.3) is 0 Å². The van der Waals surface area contributed by atoms with Crippen molar-refractivity contribution in [3.05, 3.63) is 29.3 Å². The molecule has 3 atom stereocenters. The van der Waals surface area contributed by atoms with Gasteiger partial charge in [-0.15, -0.1) is 0 Å². The fraction of sp³-hybridized carbons (Fsp3) is 0.667. The van der Waals surface area contributed by atoms with Crippen molar-refractivity contribution in [2.75, 3.05) is 13.7 Å². The molecule has 0 amide bonds. The molecule has 2 N–H and O–H groups in total. The first-order chi connectivity index (χ1) is 10.1. The molecule has 1 saturated carbocycles. The van der Waals surface area contributed by atoms with Crippen LogP contribution in [-0.4, -0.2) is 19.8 Å². The molecule has 1 fully saturated rings. The third-order valence-electron chi connectivity index (χ3n) is 4.61. The number of nitrogens with two attached hydrogens (primary N) is 1. The highest BCUT2D eigenvalue weighted by Gasteiger charge is 2.22. The molecule has 1 aliphatic carbocycles. The summed E-state index contributed by atoms with van der Waals surface area (Å²) in [7, 11) is 1.69. The summed E-state index contributed by atoms with van der Waals surface area (Å²) in [5, 5.41) is 0. The number of hydrogen-bond acceptors (Lipinski definition) is 3. The average Bonchev–Trinajstić information content (AvgIpc) is 2.52. The minimum Gasteiger partial charge on any atom is -0.496 e. The number of benzene rings is 1. The Morgan fingerprint density at radius 2 is 2.14 bits per heavy atom. The van der Waals surface area contributed by atoms with Crippen LogP contribution in [-0.2, 0) is 4.74 Å². The van der Waals surface area contributed by atoms with Gasteiger partial charge < -0.3 is 15.2 Å². The zero-order chi connectivity index (χ0) is 15.2. The van der Waals surface area contributed by atoms with E-state index in [0.717, 1.165) is 17.2 Å². The van der Waals surface area contributed by atoms with E-state index < -0.39 is 0 Å². The van der Waals surface area contributed by atoms with Crippen LogP contribution in [0, 0.1) is 12.8 Å². The zero-order valence-corrected chi connectivity index (χ0v) is 13.6. The lowest BCUT2D eigenvalue weighted by atomic mass is 9.85. The minimum absolute atomic E-state index is 0.123. The molecule has 1 aliphatic rings. The van der Waals surface area contributed by atoms with Crippen LogP contribution in [0.5, 0.6) is 5.75 Å². The second-order valence-electron chi connectivity index (χ2n) is 6.25. The Kier molecular flexibility index (Phi) is 6.07. The lowest BCUT2D eigenvalue weighted by molar-refractivity contribution is 0.00539. The van der Waals surface area contributed by atoms with Crippen LogP contribution in [0.2, 0.25) is 0 Å². The summed E-state index contributed by atoms with van der Waals surface area (Å²) in [5.74, 6) is 1.68. The third kappa shape index (κ3) is 4.45. The Morgan fingerprint density at radius 1 is 1.33 bits per heavy atom. The van der Waals surface area contributed by atoms with Crippen molar-refractivity contribution in [3.8, 4) is 5.75 Å². The van der Waals surface area contributed by atoms with Crippen molar-refractivity contribution in [2.24, 2.45) is 11.7 Å². The fourth-order valence-corrected chi connectivity index (χ4v) is 3.24. The van der Waals surface area contributed by atoms with Crippen molar-refractivity contribution in [3.63, 3.8) is 0 Å². The number of hydrogen-bond donors (Lipinski definition) is 1. The highest BCUT2D eigenvalue weighted by atomic mass is 16.5. The van der Waals surface area contributed by atoms with Crippen LogP contribution in [0.15, 0.2) is 18.2 Å². The molecule has 0 heterocycles. The summed E-state index contributed by atoms with van der Waals surface area (Å²) >= 11 is 0. The lowest BCUT2D eigenvalue weighted by Gasteiger charge is -2.29. The Labute approximate surface area is 128 Å². The predicted molar refractivity (Wildman–Crippen MR) is 86.6 cm³/mol. The highest BCUT2D eigenvalue weighted by Crippen LogP contribution is 2.30. The first-order valence-corrected chi connectivity index (χ1v) is 8.15. The molecule has 1 aromatic carbocycles. The quantitative estimate of drug-likeness (QED) is 0.862. The van der Waals surface area contributed by atoms with Gasteiger partial charge >= 0.3 is 0 Å². The van der Waals surface area contributed by atoms with Gasteiger partial charge in [-0.25, -0.2) is 0 Å². The maximum atomic E-state index is 6.32. The topological polar surface area (TPSA) is 44.5 Å². The van der Waals surface area contributed by atoms with Crippen molar-refractivity contribution in [2.45, 2.75) is 58.1 Å². The predicted octanol–water partition coefficient (Wildman–Crippen LogP) is 3.99. The van der Waals surface area contributed by atoms with Crippen molar-refractivity contribution in [1.82, 2.24) is 0 Å². The monoisotopic (exact) mass is 291 g/mol. The molecule has 0 spiro atoms. The molecule has 21 heavy (non-hydrogen) atoms. The maximum absolute atomic E-state index is 6.32. The molecule has 0 radical (unpaired) electrons. The number of methoxy groups -OCH3 is 1. The molecule has 3 heteroatoms. The lowest BCUT2D eigenvalue weighted by Crippen LogP contribution is -2.27. The van der Waals surface area contributed by atoms with Gasteiger partial charge in [0.25, 0.3) is 0 Å². The molecule has 3 unspecified atom stereocenters. The first-order valence-electron chi connectivity index (χ1n) is 8.15. The van der Waals surface area contributed by atoms with Gasteiger partial charge in [-0.3, -0.25) is 0 Å². The molecule has 118 valence electrons. The van der Waals surface area contributed by atoms with Crippen molar-refractivity contribution >= 4 is 0 Å². The summed E-state index contributed by atoms with van der Waals surface area (Å²) in [6.45, 7) is 4.92. The molecule has 0 saturated heterocycles. The van der Waals surface area contributed by atoms with E-state index in [-0.39, 0.29) is 6.04 Å². The fourth-order valence-electron chi connectivity index (χ4n) is 3.24. The maximum Gasteiger partial charge on any atom is 0.123 e. The number of ether oxygens (including phenoxy) is 2. The SMILES string of the molecule is CCC1CCCC(OCC(N)c2cc(C)ccc2OC)C1. The zero-order valence-electron chi connectivity index (χ0n) is 13.6. The standard InChI is InChI=1S/C18H29NO2/c1-4-14-6-5-7-15(11-14)21-12-17(19)16-10-13(2)8-9-18(16)20-3/h8-10,14-15,17H,4-7,11-12,19H2,1-3H3. The minimum atomic E-state index is -0.123. The normalized spacial score (nSPS) is 23.8. The summed E-state index contributed by atoms with van der Waals surface area (Å²) in [6.07, 6.45) is 6.64. The summed E-state index contributed by atoms with van der Waals surface area (Å²) < 4.78 is 11.5. The molecular weight excluding hydrogens is 262 g/mol. The highest BCUT2D eigenvalue weighted by molar-refractivity contribution is 5.39. The van der Waals surface area contributed by atoms with E-state index >= 15 is 0 Å². The molecule has 0 bridgehead atoms. The van der Waals surface area contributed by atoms with Crippen LogP contribution in [0.1, 0.15) is 56.2 Å². The van der Waals surface area contributed by atoms with E-state index in [1.807, 2.05) is 12.1 Å². The molecular formula is C18H29NO2. The van der Waals surface area contributed by atoms with Gasteiger partial charge in [0.1, 0.15) is 5.75 Å². The van der Waals surface area contributed by atoms with E-state index in [9.17, 15) is 0 Å². The second kappa shape index (κ2) is 7.81. The first kappa shape index (κ1) is 16.3. The average molecular weight is 291 g/mol. The Bertz CT molecular complexity index is 447. The van der Waals surface area contributed by atoms with Gasteiger partial charge in [-0.05, 0) is 31.7 Å². The van der Waals surface area contributed by atoms with Gasteiger partial charge in [0.2, 0.25) is 0 Å². The third-order valence-corrected chi connectivity index (χ3v) is 4.61. The Morgan fingerprint density at radius 3 is 2.86 bits per heavy atom. The second-order valence-corrected chi connectivity index (χ2v) is 6.25. The van der Waals surface area contributed by atoms with E-state index in [1.54, 1.807) is 7.11 Å². The van der Waals surface area contributed by atoms with Gasteiger partial charge in [0.05, 0.1) is 25.9 Å². The van der Waals surface area contributed by atoms with Crippen molar-refractivity contribution < 1.29 is 9.47 Å². The Balaban J connectivity index is 1.92.